The van der Waals surface area contributed by atoms with E-state index in [-0.39, 0.29) is 19.1 Å². The third-order valence-electron chi connectivity index (χ3n) is 3.08. The van der Waals surface area contributed by atoms with Crippen molar-refractivity contribution in [3.8, 4) is 9.88 Å². The Kier molecular flexibility index (Phi) is 4.00. The Bertz CT molecular complexity index is 653. The lowest BCUT2D eigenvalue weighted by Crippen LogP contribution is -2.48. The van der Waals surface area contributed by atoms with Crippen LogP contribution in [0.2, 0.25) is 0 Å². The molecule has 0 saturated carbocycles. The van der Waals surface area contributed by atoms with Crippen LogP contribution >= 0.6 is 22.7 Å². The lowest BCUT2D eigenvalue weighted by atomic mass is 10.2. The summed E-state index contributed by atoms with van der Waals surface area (Å²) >= 11 is 2.98. The topological polar surface area (TPSA) is 79.7 Å². The van der Waals surface area contributed by atoms with Crippen LogP contribution in [0.5, 0.6) is 0 Å². The zero-order valence-corrected chi connectivity index (χ0v) is 12.5. The minimum atomic E-state index is -1.05. The zero-order valence-electron chi connectivity index (χ0n) is 10.9. The van der Waals surface area contributed by atoms with Crippen molar-refractivity contribution >= 4 is 34.6 Å². The second-order valence-electron chi connectivity index (χ2n) is 4.46. The third kappa shape index (κ3) is 2.97. The fourth-order valence-corrected chi connectivity index (χ4v) is 3.64. The average Bonchev–Trinajstić information content (AvgIpc) is 3.17. The molecule has 1 N–H and O–H groups in total. The molecule has 1 atom stereocenters. The second-order valence-corrected chi connectivity index (χ2v) is 6.27. The fraction of sp³-hybridized carbons (Fsp3) is 0.308. The quantitative estimate of drug-likeness (QED) is 0.931. The van der Waals surface area contributed by atoms with Crippen LogP contribution in [-0.4, -0.2) is 52.7 Å². The van der Waals surface area contributed by atoms with Crippen molar-refractivity contribution in [1.82, 2.24) is 9.88 Å². The number of nitrogens with zero attached hydrogens (tertiary/aromatic N) is 2. The number of thiazole rings is 1. The number of carboxylic acid groups (broad SMARTS) is 1. The Morgan fingerprint density at radius 2 is 2.29 bits per heavy atom. The molecule has 0 aromatic carbocycles. The van der Waals surface area contributed by atoms with E-state index in [4.69, 9.17) is 9.84 Å². The van der Waals surface area contributed by atoms with Gasteiger partial charge in [-0.15, -0.1) is 22.7 Å². The molecule has 0 spiro atoms. The number of aromatic nitrogens is 1. The molecule has 1 amide bonds. The van der Waals surface area contributed by atoms with Crippen LogP contribution in [0.4, 0.5) is 0 Å². The molecule has 110 valence electrons. The van der Waals surface area contributed by atoms with Crippen LogP contribution in [0.25, 0.3) is 9.88 Å². The van der Waals surface area contributed by atoms with Gasteiger partial charge < -0.3 is 14.7 Å². The van der Waals surface area contributed by atoms with Gasteiger partial charge in [0.05, 0.1) is 18.0 Å². The SMILES string of the molecule is O=C(O)[C@@H]1CN(C(=O)c2csc(-c3cccs3)n2)CCO1. The van der Waals surface area contributed by atoms with Crippen LogP contribution in [0.1, 0.15) is 10.5 Å². The van der Waals surface area contributed by atoms with Gasteiger partial charge in [-0.05, 0) is 11.4 Å². The molecular formula is C13H12N2O4S2. The molecule has 0 radical (unpaired) electrons. The van der Waals surface area contributed by atoms with Gasteiger partial charge in [0.1, 0.15) is 10.7 Å². The van der Waals surface area contributed by atoms with Gasteiger partial charge in [0.25, 0.3) is 5.91 Å². The first kappa shape index (κ1) is 14.2. The van der Waals surface area contributed by atoms with Crippen molar-refractivity contribution in [1.29, 1.82) is 0 Å². The molecule has 2 aromatic heterocycles. The number of ether oxygens (including phenoxy) is 1. The molecule has 1 aliphatic rings. The molecule has 1 aliphatic heterocycles. The standard InChI is InChI=1S/C13H12N2O4S2/c16-12(15-3-4-19-9(6-15)13(17)18)8-7-21-11(14-8)10-2-1-5-20-10/h1-2,5,7,9H,3-4,6H2,(H,17,18)/t9-/m0/s1. The summed E-state index contributed by atoms with van der Waals surface area (Å²) < 4.78 is 5.11. The van der Waals surface area contributed by atoms with Gasteiger partial charge in [-0.25, -0.2) is 9.78 Å². The molecule has 0 bridgehead atoms. The number of morpholine rings is 1. The van der Waals surface area contributed by atoms with E-state index < -0.39 is 12.1 Å². The summed E-state index contributed by atoms with van der Waals surface area (Å²) in [6, 6.07) is 3.88. The Morgan fingerprint density at radius 3 is 3.00 bits per heavy atom. The number of rotatable bonds is 3. The summed E-state index contributed by atoms with van der Waals surface area (Å²) in [5, 5.41) is 13.4. The van der Waals surface area contributed by atoms with Gasteiger partial charge >= 0.3 is 5.97 Å². The smallest absolute Gasteiger partial charge is 0.334 e. The van der Waals surface area contributed by atoms with Crippen LogP contribution in [0.15, 0.2) is 22.9 Å². The molecule has 6 nitrogen and oxygen atoms in total. The summed E-state index contributed by atoms with van der Waals surface area (Å²) in [7, 11) is 0. The number of carbonyl (C=O) groups is 2. The summed E-state index contributed by atoms with van der Waals surface area (Å²) in [6.45, 7) is 0.666. The normalized spacial score (nSPS) is 18.7. The third-order valence-corrected chi connectivity index (χ3v) is 4.97. The Labute approximate surface area is 128 Å². The Balaban J connectivity index is 1.74. The molecule has 3 heterocycles. The highest BCUT2D eigenvalue weighted by Gasteiger charge is 2.30. The van der Waals surface area contributed by atoms with Crippen LogP contribution in [-0.2, 0) is 9.53 Å². The molecular weight excluding hydrogens is 312 g/mol. The summed E-state index contributed by atoms with van der Waals surface area (Å²) in [5.41, 5.74) is 0.356. The number of carbonyl (C=O) groups excluding carboxylic acids is 1. The summed E-state index contributed by atoms with van der Waals surface area (Å²) in [5.74, 6) is -1.30. The van der Waals surface area contributed by atoms with Crippen molar-refractivity contribution in [2.75, 3.05) is 19.7 Å². The van der Waals surface area contributed by atoms with E-state index in [2.05, 4.69) is 4.98 Å². The van der Waals surface area contributed by atoms with Crippen LogP contribution < -0.4 is 0 Å². The largest absolute Gasteiger partial charge is 0.479 e. The number of hydrogen-bond acceptors (Lipinski definition) is 6. The van der Waals surface area contributed by atoms with Gasteiger partial charge in [0.15, 0.2) is 6.10 Å². The van der Waals surface area contributed by atoms with E-state index in [0.29, 0.717) is 12.2 Å². The molecule has 8 heteroatoms. The average molecular weight is 324 g/mol. The van der Waals surface area contributed by atoms with Gasteiger partial charge in [-0.1, -0.05) is 6.07 Å². The minimum Gasteiger partial charge on any atom is -0.479 e. The van der Waals surface area contributed by atoms with Crippen molar-refractivity contribution in [3.05, 3.63) is 28.6 Å². The number of carboxylic acids is 1. The van der Waals surface area contributed by atoms with E-state index in [9.17, 15) is 9.59 Å². The zero-order chi connectivity index (χ0) is 14.8. The van der Waals surface area contributed by atoms with E-state index in [1.165, 1.54) is 16.2 Å². The Morgan fingerprint density at radius 1 is 1.43 bits per heavy atom. The molecule has 0 aliphatic carbocycles. The minimum absolute atomic E-state index is 0.0556. The number of thiophene rings is 1. The first-order valence-corrected chi connectivity index (χ1v) is 8.04. The van der Waals surface area contributed by atoms with Crippen LogP contribution in [0.3, 0.4) is 0 Å². The van der Waals surface area contributed by atoms with Crippen molar-refractivity contribution in [2.45, 2.75) is 6.10 Å². The van der Waals surface area contributed by atoms with Gasteiger partial charge in [0, 0.05) is 11.9 Å². The first-order chi connectivity index (χ1) is 10.1. The molecule has 2 aromatic rings. The fourth-order valence-electron chi connectivity index (χ4n) is 2.03. The van der Waals surface area contributed by atoms with Crippen LogP contribution in [0, 0.1) is 0 Å². The first-order valence-electron chi connectivity index (χ1n) is 6.28. The predicted molar refractivity (Wildman–Crippen MR) is 78.7 cm³/mol. The monoisotopic (exact) mass is 324 g/mol. The lowest BCUT2D eigenvalue weighted by Gasteiger charge is -2.30. The maximum atomic E-state index is 12.4. The highest BCUT2D eigenvalue weighted by Crippen LogP contribution is 2.28. The molecule has 0 unspecified atom stereocenters. The molecule has 1 saturated heterocycles. The highest BCUT2D eigenvalue weighted by atomic mass is 32.1. The van der Waals surface area contributed by atoms with Crippen molar-refractivity contribution in [2.24, 2.45) is 0 Å². The Hall–Kier alpha value is -1.77. The number of hydrogen-bond donors (Lipinski definition) is 1. The van der Waals surface area contributed by atoms with Crippen molar-refractivity contribution < 1.29 is 19.4 Å². The van der Waals surface area contributed by atoms with Gasteiger partial charge in [-0.2, -0.15) is 0 Å². The summed E-state index contributed by atoms with van der Waals surface area (Å²) in [6.07, 6.45) is -0.960. The number of aliphatic carboxylic acids is 1. The van der Waals surface area contributed by atoms with Crippen molar-refractivity contribution in [3.63, 3.8) is 0 Å². The highest BCUT2D eigenvalue weighted by molar-refractivity contribution is 7.20. The predicted octanol–water partition coefficient (Wildman–Crippen LogP) is 1.80. The second kappa shape index (κ2) is 5.92. The molecule has 3 rings (SSSR count). The molecule has 1 fully saturated rings. The van der Waals surface area contributed by atoms with Gasteiger partial charge in [-0.3, -0.25) is 4.79 Å². The maximum Gasteiger partial charge on any atom is 0.334 e. The summed E-state index contributed by atoms with van der Waals surface area (Å²) in [4.78, 5) is 30.2. The maximum absolute atomic E-state index is 12.4. The van der Waals surface area contributed by atoms with E-state index >= 15 is 0 Å². The van der Waals surface area contributed by atoms with E-state index in [1.807, 2.05) is 17.5 Å². The molecule has 21 heavy (non-hydrogen) atoms. The van der Waals surface area contributed by atoms with E-state index in [0.717, 1.165) is 9.88 Å². The van der Waals surface area contributed by atoms with E-state index in [1.54, 1.807) is 16.7 Å². The number of amides is 1. The lowest BCUT2D eigenvalue weighted by molar-refractivity contribution is -0.154. The van der Waals surface area contributed by atoms with Gasteiger partial charge in [0.2, 0.25) is 0 Å².